The number of nitro benzene ring substituents is 1. The Morgan fingerprint density at radius 2 is 2.03 bits per heavy atom. The van der Waals surface area contributed by atoms with Crippen LogP contribution >= 0.6 is 27.5 Å². The molecule has 0 spiro atoms. The van der Waals surface area contributed by atoms with Crippen molar-refractivity contribution in [2.24, 2.45) is 5.10 Å². The van der Waals surface area contributed by atoms with Gasteiger partial charge in [-0.25, -0.2) is 9.78 Å². The third-order valence-electron chi connectivity index (χ3n) is 4.83. The first kappa shape index (κ1) is 26.3. The molecular formula is C23H22BrClN4O6. The normalized spacial score (nSPS) is 12.3. The number of ether oxygens (including phenoxy) is 2. The molecule has 12 heteroatoms. The van der Waals surface area contributed by atoms with Crippen molar-refractivity contribution >= 4 is 56.3 Å². The fourth-order valence-electron chi connectivity index (χ4n) is 3.22. The Morgan fingerprint density at radius 3 is 2.66 bits per heavy atom. The summed E-state index contributed by atoms with van der Waals surface area (Å²) in [7, 11) is 0. The van der Waals surface area contributed by atoms with E-state index in [1.54, 1.807) is 25.1 Å². The van der Waals surface area contributed by atoms with Crippen LogP contribution in [0.3, 0.4) is 0 Å². The number of nitro groups is 1. The first-order valence-electron chi connectivity index (χ1n) is 10.6. The van der Waals surface area contributed by atoms with Crippen molar-refractivity contribution in [2.45, 2.75) is 39.7 Å². The van der Waals surface area contributed by atoms with Crippen LogP contribution in [0.15, 0.2) is 44.7 Å². The van der Waals surface area contributed by atoms with Gasteiger partial charge in [-0.1, -0.05) is 41.4 Å². The van der Waals surface area contributed by atoms with Gasteiger partial charge < -0.3 is 9.47 Å². The highest BCUT2D eigenvalue weighted by Crippen LogP contribution is 2.34. The predicted molar refractivity (Wildman–Crippen MR) is 136 cm³/mol. The van der Waals surface area contributed by atoms with Crippen LogP contribution in [0.4, 0.5) is 5.69 Å². The predicted octanol–water partition coefficient (Wildman–Crippen LogP) is 5.06. The maximum Gasteiger partial charge on any atom is 0.347 e. The third-order valence-corrected chi connectivity index (χ3v) is 5.55. The first-order valence-corrected chi connectivity index (χ1v) is 11.8. The summed E-state index contributed by atoms with van der Waals surface area (Å²) in [6.45, 7) is 6.88. The molecule has 2 aromatic carbocycles. The number of esters is 1. The van der Waals surface area contributed by atoms with Gasteiger partial charge in [0.1, 0.15) is 5.82 Å². The maximum absolute atomic E-state index is 13.3. The molecule has 0 unspecified atom stereocenters. The van der Waals surface area contributed by atoms with Gasteiger partial charge in [0, 0.05) is 27.0 Å². The van der Waals surface area contributed by atoms with E-state index in [1.165, 1.54) is 19.2 Å². The number of benzene rings is 2. The Bertz CT molecular complexity index is 1390. The highest BCUT2D eigenvalue weighted by atomic mass is 79.9. The van der Waals surface area contributed by atoms with E-state index in [9.17, 15) is 19.7 Å². The lowest BCUT2D eigenvalue weighted by atomic mass is 10.1. The second-order valence-electron chi connectivity index (χ2n) is 7.76. The molecule has 1 aromatic heterocycles. The van der Waals surface area contributed by atoms with Gasteiger partial charge in [-0.3, -0.25) is 14.9 Å². The standard InChI is InChI=1S/C23H22BrClN4O6/c1-5-34-23(31)13(4)35-20-14(8-16(25)10-19(20)29(32)33)11-26-28-21(12(2)3)27-18-7-6-15(24)9-17(18)22(28)30/h6-13H,5H2,1-4H3/t13-/m1/s1. The number of carbonyl (C=O) groups excluding carboxylic acids is 1. The zero-order valence-electron chi connectivity index (χ0n) is 19.3. The average molecular weight is 566 g/mol. The van der Waals surface area contributed by atoms with E-state index >= 15 is 0 Å². The first-order chi connectivity index (χ1) is 16.5. The topological polar surface area (TPSA) is 126 Å². The van der Waals surface area contributed by atoms with Gasteiger partial charge >= 0.3 is 11.7 Å². The van der Waals surface area contributed by atoms with E-state index in [0.29, 0.717) is 21.2 Å². The van der Waals surface area contributed by atoms with Gasteiger partial charge in [0.15, 0.2) is 6.10 Å². The quantitative estimate of drug-likeness (QED) is 0.162. The molecule has 0 aliphatic heterocycles. The summed E-state index contributed by atoms with van der Waals surface area (Å²) in [4.78, 5) is 40.9. The lowest BCUT2D eigenvalue weighted by Gasteiger charge is -2.16. The van der Waals surface area contributed by atoms with E-state index in [1.807, 2.05) is 13.8 Å². The molecule has 3 rings (SSSR count). The van der Waals surface area contributed by atoms with Crippen LogP contribution < -0.4 is 10.3 Å². The van der Waals surface area contributed by atoms with Crippen molar-refractivity contribution in [3.63, 3.8) is 0 Å². The monoisotopic (exact) mass is 564 g/mol. The Balaban J connectivity index is 2.19. The van der Waals surface area contributed by atoms with Crippen molar-refractivity contribution in [2.75, 3.05) is 6.61 Å². The Kier molecular flexibility index (Phi) is 8.23. The van der Waals surface area contributed by atoms with E-state index < -0.39 is 28.2 Å². The van der Waals surface area contributed by atoms with Crippen LogP contribution in [0, 0.1) is 10.1 Å². The van der Waals surface area contributed by atoms with Crippen molar-refractivity contribution < 1.29 is 19.2 Å². The number of halogens is 2. The summed E-state index contributed by atoms with van der Waals surface area (Å²) >= 11 is 9.46. The minimum Gasteiger partial charge on any atom is -0.471 e. The molecule has 0 saturated carbocycles. The molecule has 10 nitrogen and oxygen atoms in total. The van der Waals surface area contributed by atoms with Crippen molar-refractivity contribution in [1.82, 2.24) is 9.66 Å². The summed E-state index contributed by atoms with van der Waals surface area (Å²) in [6, 6.07) is 7.64. The molecule has 0 N–H and O–H groups in total. The minimum atomic E-state index is -1.14. The summed E-state index contributed by atoms with van der Waals surface area (Å²) in [5.74, 6) is -0.706. The second kappa shape index (κ2) is 11.0. The van der Waals surface area contributed by atoms with E-state index in [2.05, 4.69) is 26.0 Å². The number of fused-ring (bicyclic) bond motifs is 1. The molecule has 0 radical (unpaired) electrons. The molecule has 1 atom stereocenters. The number of aromatic nitrogens is 2. The SMILES string of the molecule is CCOC(=O)[C@@H](C)Oc1c(C=Nn2c(C(C)C)nc3ccc(Br)cc3c2=O)cc(Cl)cc1[N+](=O)[O-]. The molecule has 35 heavy (non-hydrogen) atoms. The summed E-state index contributed by atoms with van der Waals surface area (Å²) < 4.78 is 12.4. The van der Waals surface area contributed by atoms with Crippen LogP contribution in [0.25, 0.3) is 10.9 Å². The van der Waals surface area contributed by atoms with Crippen molar-refractivity contribution in [3.8, 4) is 5.75 Å². The fourth-order valence-corrected chi connectivity index (χ4v) is 3.80. The van der Waals surface area contributed by atoms with Crippen LogP contribution in [-0.4, -0.2) is 39.5 Å². The van der Waals surface area contributed by atoms with Gasteiger partial charge in [-0.05, 0) is 38.1 Å². The maximum atomic E-state index is 13.3. The summed E-state index contributed by atoms with van der Waals surface area (Å²) in [5.41, 5.74) is -0.280. The number of carbonyl (C=O) groups is 1. The number of rotatable bonds is 8. The van der Waals surface area contributed by atoms with Crippen molar-refractivity contribution in [3.05, 3.63) is 71.7 Å². The zero-order valence-corrected chi connectivity index (χ0v) is 21.7. The van der Waals surface area contributed by atoms with Crippen LogP contribution in [0.5, 0.6) is 5.75 Å². The molecule has 0 aliphatic rings. The number of nitrogens with zero attached hydrogens (tertiary/aromatic N) is 4. The second-order valence-corrected chi connectivity index (χ2v) is 9.11. The smallest absolute Gasteiger partial charge is 0.347 e. The minimum absolute atomic E-state index is 0.0475. The molecule has 184 valence electrons. The van der Waals surface area contributed by atoms with Gasteiger partial charge in [0.05, 0.1) is 28.6 Å². The van der Waals surface area contributed by atoms with Crippen LogP contribution in [0.1, 0.15) is 45.0 Å². The number of hydrogen-bond acceptors (Lipinski definition) is 8. The molecular weight excluding hydrogens is 544 g/mol. The Morgan fingerprint density at radius 1 is 1.31 bits per heavy atom. The molecule has 0 saturated heterocycles. The highest BCUT2D eigenvalue weighted by Gasteiger charge is 2.26. The summed E-state index contributed by atoms with van der Waals surface area (Å²) in [5, 5.41) is 16.4. The van der Waals surface area contributed by atoms with Gasteiger partial charge in [0.2, 0.25) is 5.75 Å². The average Bonchev–Trinajstić information content (AvgIpc) is 2.79. The van der Waals surface area contributed by atoms with Crippen LogP contribution in [0.2, 0.25) is 5.02 Å². The van der Waals surface area contributed by atoms with E-state index in [4.69, 9.17) is 21.1 Å². The van der Waals surface area contributed by atoms with Gasteiger partial charge in [-0.2, -0.15) is 9.78 Å². The van der Waals surface area contributed by atoms with Gasteiger partial charge in [-0.15, -0.1) is 0 Å². The molecule has 3 aromatic rings. The highest BCUT2D eigenvalue weighted by molar-refractivity contribution is 9.10. The zero-order chi connectivity index (χ0) is 25.9. The lowest BCUT2D eigenvalue weighted by Crippen LogP contribution is -2.27. The van der Waals surface area contributed by atoms with E-state index in [-0.39, 0.29) is 28.9 Å². The third kappa shape index (κ3) is 5.85. The lowest BCUT2D eigenvalue weighted by molar-refractivity contribution is -0.386. The molecule has 0 amide bonds. The Labute approximate surface area is 213 Å². The molecule has 0 aliphatic carbocycles. The van der Waals surface area contributed by atoms with E-state index in [0.717, 1.165) is 10.7 Å². The number of hydrogen-bond donors (Lipinski definition) is 0. The molecule has 1 heterocycles. The summed E-state index contributed by atoms with van der Waals surface area (Å²) in [6.07, 6.45) is 0.0702. The largest absolute Gasteiger partial charge is 0.471 e. The van der Waals surface area contributed by atoms with Crippen molar-refractivity contribution in [1.29, 1.82) is 0 Å². The fraction of sp³-hybridized carbons (Fsp3) is 0.304. The Hall–Kier alpha value is -3.31. The van der Waals surface area contributed by atoms with Gasteiger partial charge in [0.25, 0.3) is 5.56 Å². The molecule has 0 fully saturated rings. The van der Waals surface area contributed by atoms with Crippen LogP contribution in [-0.2, 0) is 9.53 Å². The molecule has 0 bridgehead atoms.